The highest BCUT2D eigenvalue weighted by Gasteiger charge is 2.35. The number of hydrogen-bond donors (Lipinski definition) is 2. The minimum absolute atomic E-state index is 0.0238. The first-order valence-electron chi connectivity index (χ1n) is 8.58. The standard InChI is InChI=1S/C20H15F6N3O2/c1-18(30,10-29-14-4-2-12(8-27)16(6-14)19(21,22)23)11-31-15-5-3-13(9-28)17(7-15)20(24,25)26/h2-7,29-30H,10-11H2,1H3/t18-/m1/s1. The van der Waals surface area contributed by atoms with Crippen LogP contribution in [0.2, 0.25) is 0 Å². The normalized spacial score (nSPS) is 13.6. The molecule has 0 radical (unpaired) electrons. The Morgan fingerprint density at radius 1 is 0.903 bits per heavy atom. The Morgan fingerprint density at radius 3 is 1.94 bits per heavy atom. The summed E-state index contributed by atoms with van der Waals surface area (Å²) >= 11 is 0. The maximum atomic E-state index is 13.0. The van der Waals surface area contributed by atoms with Gasteiger partial charge in [-0.3, -0.25) is 0 Å². The number of benzene rings is 2. The van der Waals surface area contributed by atoms with Crippen LogP contribution < -0.4 is 10.1 Å². The lowest BCUT2D eigenvalue weighted by Gasteiger charge is -2.25. The van der Waals surface area contributed by atoms with Crippen LogP contribution in [0.3, 0.4) is 0 Å². The Balaban J connectivity index is 2.09. The summed E-state index contributed by atoms with van der Waals surface area (Å²) in [6.07, 6.45) is -9.53. The quantitative estimate of drug-likeness (QED) is 0.632. The van der Waals surface area contributed by atoms with E-state index in [1.165, 1.54) is 25.1 Å². The van der Waals surface area contributed by atoms with Crippen LogP contribution in [0.4, 0.5) is 32.0 Å². The monoisotopic (exact) mass is 443 g/mol. The van der Waals surface area contributed by atoms with Crippen molar-refractivity contribution in [1.29, 1.82) is 10.5 Å². The highest BCUT2D eigenvalue weighted by atomic mass is 19.4. The van der Waals surface area contributed by atoms with Crippen molar-refractivity contribution in [3.05, 3.63) is 58.7 Å². The highest BCUT2D eigenvalue weighted by Crippen LogP contribution is 2.35. The van der Waals surface area contributed by atoms with Gasteiger partial charge in [-0.1, -0.05) is 0 Å². The van der Waals surface area contributed by atoms with Crippen molar-refractivity contribution in [1.82, 2.24) is 0 Å². The van der Waals surface area contributed by atoms with Crippen LogP contribution in [0.15, 0.2) is 36.4 Å². The molecule has 0 saturated heterocycles. The summed E-state index contributed by atoms with van der Waals surface area (Å²) in [6.45, 7) is 0.465. The van der Waals surface area contributed by atoms with Crippen LogP contribution in [0.1, 0.15) is 29.2 Å². The SMILES string of the molecule is C[C@@](O)(CNc1ccc(C#N)c(C(F)(F)F)c1)COc1ccc(C#N)c(C(F)(F)F)c1. The fourth-order valence-electron chi connectivity index (χ4n) is 2.51. The lowest BCUT2D eigenvalue weighted by atomic mass is 10.1. The van der Waals surface area contributed by atoms with E-state index in [-0.39, 0.29) is 18.0 Å². The van der Waals surface area contributed by atoms with Crippen molar-refractivity contribution in [2.45, 2.75) is 24.9 Å². The van der Waals surface area contributed by atoms with Crippen LogP contribution in [-0.4, -0.2) is 23.9 Å². The molecule has 1 atom stereocenters. The number of nitrogens with zero attached hydrogens (tertiary/aromatic N) is 2. The van der Waals surface area contributed by atoms with Crippen molar-refractivity contribution >= 4 is 5.69 Å². The third-order valence-electron chi connectivity index (χ3n) is 4.09. The fourth-order valence-corrected chi connectivity index (χ4v) is 2.51. The molecule has 0 saturated carbocycles. The van der Waals surface area contributed by atoms with Gasteiger partial charge >= 0.3 is 12.4 Å². The summed E-state index contributed by atoms with van der Waals surface area (Å²) in [5.41, 5.74) is -5.19. The number of rotatable bonds is 6. The molecule has 0 bridgehead atoms. The first-order chi connectivity index (χ1) is 14.3. The zero-order valence-electron chi connectivity index (χ0n) is 15.9. The second-order valence-corrected chi connectivity index (χ2v) is 6.83. The van der Waals surface area contributed by atoms with E-state index in [0.29, 0.717) is 12.1 Å². The van der Waals surface area contributed by atoms with Gasteiger partial charge in [-0.2, -0.15) is 36.9 Å². The molecular weight excluding hydrogens is 428 g/mol. The summed E-state index contributed by atoms with van der Waals surface area (Å²) in [7, 11) is 0. The summed E-state index contributed by atoms with van der Waals surface area (Å²) in [4.78, 5) is 0. The lowest BCUT2D eigenvalue weighted by Crippen LogP contribution is -2.39. The van der Waals surface area contributed by atoms with E-state index in [1.807, 2.05) is 0 Å². The molecule has 0 fully saturated rings. The predicted molar refractivity (Wildman–Crippen MR) is 96.9 cm³/mol. The Bertz CT molecular complexity index is 952. The second-order valence-electron chi connectivity index (χ2n) is 6.83. The topological polar surface area (TPSA) is 89.1 Å². The maximum absolute atomic E-state index is 13.0. The summed E-state index contributed by atoms with van der Waals surface area (Å²) in [5.74, 6) is -0.246. The van der Waals surface area contributed by atoms with Crippen LogP contribution in [0.5, 0.6) is 5.75 Å². The van der Waals surface area contributed by atoms with E-state index in [9.17, 15) is 31.4 Å². The number of halogens is 6. The number of anilines is 1. The number of hydrogen-bond acceptors (Lipinski definition) is 5. The number of aliphatic hydroxyl groups is 1. The molecule has 2 aromatic carbocycles. The van der Waals surface area contributed by atoms with E-state index in [2.05, 4.69) is 5.32 Å². The van der Waals surface area contributed by atoms with Gasteiger partial charge in [0.25, 0.3) is 0 Å². The molecule has 31 heavy (non-hydrogen) atoms. The minimum atomic E-state index is -4.78. The van der Waals surface area contributed by atoms with E-state index < -0.39 is 46.8 Å². The van der Waals surface area contributed by atoms with Gasteiger partial charge in [-0.15, -0.1) is 0 Å². The van der Waals surface area contributed by atoms with Gasteiger partial charge in [-0.25, -0.2) is 0 Å². The number of alkyl halides is 6. The molecule has 2 aromatic rings. The average molecular weight is 443 g/mol. The van der Waals surface area contributed by atoms with Crippen LogP contribution in [0, 0.1) is 22.7 Å². The lowest BCUT2D eigenvalue weighted by molar-refractivity contribution is -0.138. The number of nitriles is 2. The first kappa shape index (κ1) is 23.8. The molecule has 5 nitrogen and oxygen atoms in total. The zero-order chi connectivity index (χ0) is 23.4. The molecular formula is C20H15F6N3O2. The molecule has 0 aromatic heterocycles. The Morgan fingerprint density at radius 2 is 1.42 bits per heavy atom. The molecule has 11 heteroatoms. The van der Waals surface area contributed by atoms with E-state index >= 15 is 0 Å². The molecule has 0 aliphatic carbocycles. The second kappa shape index (κ2) is 8.74. The van der Waals surface area contributed by atoms with Crippen LogP contribution in [0.25, 0.3) is 0 Å². The van der Waals surface area contributed by atoms with Gasteiger partial charge in [0.1, 0.15) is 18.0 Å². The summed E-state index contributed by atoms with van der Waals surface area (Å²) in [5, 5.41) is 30.5. The Kier molecular flexibility index (Phi) is 6.72. The summed E-state index contributed by atoms with van der Waals surface area (Å²) in [6, 6.07) is 8.48. The van der Waals surface area contributed by atoms with Crippen LogP contribution in [-0.2, 0) is 12.4 Å². The first-order valence-corrected chi connectivity index (χ1v) is 8.58. The molecule has 164 valence electrons. The Hall–Kier alpha value is -3.44. The highest BCUT2D eigenvalue weighted by molar-refractivity contribution is 5.53. The number of ether oxygens (including phenoxy) is 1. The zero-order valence-corrected chi connectivity index (χ0v) is 15.9. The van der Waals surface area contributed by atoms with Crippen molar-refractivity contribution in [2.75, 3.05) is 18.5 Å². The van der Waals surface area contributed by atoms with E-state index in [0.717, 1.165) is 18.2 Å². The third-order valence-corrected chi connectivity index (χ3v) is 4.09. The van der Waals surface area contributed by atoms with Crippen molar-refractivity contribution in [3.63, 3.8) is 0 Å². The van der Waals surface area contributed by atoms with Gasteiger partial charge in [0.05, 0.1) is 34.4 Å². The largest absolute Gasteiger partial charge is 0.491 e. The third kappa shape index (κ3) is 6.27. The molecule has 0 spiro atoms. The maximum Gasteiger partial charge on any atom is 0.417 e. The molecule has 2 N–H and O–H groups in total. The van der Waals surface area contributed by atoms with Crippen molar-refractivity contribution in [3.8, 4) is 17.9 Å². The number of nitrogens with one attached hydrogen (secondary N) is 1. The Labute approximate surface area is 173 Å². The summed E-state index contributed by atoms with van der Waals surface area (Å²) < 4.78 is 83.3. The van der Waals surface area contributed by atoms with Gasteiger partial charge in [0, 0.05) is 12.2 Å². The van der Waals surface area contributed by atoms with Crippen molar-refractivity contribution in [2.24, 2.45) is 0 Å². The van der Waals surface area contributed by atoms with Gasteiger partial charge in [0.2, 0.25) is 0 Å². The van der Waals surface area contributed by atoms with E-state index in [1.54, 1.807) is 0 Å². The molecule has 0 heterocycles. The molecule has 0 unspecified atom stereocenters. The molecule has 0 aliphatic rings. The van der Waals surface area contributed by atoms with Gasteiger partial charge in [0.15, 0.2) is 0 Å². The minimum Gasteiger partial charge on any atom is -0.491 e. The van der Waals surface area contributed by atoms with Gasteiger partial charge < -0.3 is 15.2 Å². The smallest absolute Gasteiger partial charge is 0.417 e. The van der Waals surface area contributed by atoms with E-state index in [4.69, 9.17) is 15.3 Å². The predicted octanol–water partition coefficient (Wildman–Crippen LogP) is 4.71. The molecule has 0 aliphatic heterocycles. The fraction of sp³-hybridized carbons (Fsp3) is 0.300. The van der Waals surface area contributed by atoms with Gasteiger partial charge in [-0.05, 0) is 43.3 Å². The average Bonchev–Trinajstić information content (AvgIpc) is 2.69. The van der Waals surface area contributed by atoms with Crippen LogP contribution >= 0.6 is 0 Å². The van der Waals surface area contributed by atoms with Crippen molar-refractivity contribution < 1.29 is 36.2 Å². The molecule has 2 rings (SSSR count). The molecule has 0 amide bonds.